The molecule has 1 aliphatic carbocycles. The highest BCUT2D eigenvalue weighted by Gasteiger charge is 2.30. The van der Waals surface area contributed by atoms with Crippen molar-refractivity contribution in [3.05, 3.63) is 29.8 Å². The monoisotopic (exact) mass is 304 g/mol. The number of hydrogen-bond donors (Lipinski definition) is 0. The zero-order valence-corrected chi connectivity index (χ0v) is 14.1. The molecule has 1 aromatic rings. The molecule has 0 saturated heterocycles. The first-order valence-corrected chi connectivity index (χ1v) is 8.47. The van der Waals surface area contributed by atoms with E-state index in [1.807, 2.05) is 19.1 Å². The lowest BCUT2D eigenvalue weighted by Crippen LogP contribution is -2.35. The Morgan fingerprint density at radius 2 is 1.82 bits per heavy atom. The summed E-state index contributed by atoms with van der Waals surface area (Å²) in [5.74, 6) is 0.999. The fraction of sp³-hybridized carbons (Fsp3) is 0.632. The minimum Gasteiger partial charge on any atom is -0.482 e. The van der Waals surface area contributed by atoms with Gasteiger partial charge in [-0.05, 0) is 62.6 Å². The molecule has 0 bridgehead atoms. The molecule has 3 nitrogen and oxygen atoms in total. The summed E-state index contributed by atoms with van der Waals surface area (Å²) in [5.41, 5.74) is 1.01. The quantitative estimate of drug-likeness (QED) is 0.705. The number of ether oxygens (including phenoxy) is 2. The third kappa shape index (κ3) is 4.75. The molecule has 0 N–H and O–H groups in total. The second-order valence-electron chi connectivity index (χ2n) is 6.65. The Bertz CT molecular complexity index is 472. The highest BCUT2D eigenvalue weighted by Crippen LogP contribution is 2.31. The molecule has 0 aromatic heterocycles. The number of hydrogen-bond acceptors (Lipinski definition) is 3. The Balaban J connectivity index is 1.80. The molecular weight excluding hydrogens is 276 g/mol. The molecule has 1 fully saturated rings. The predicted octanol–water partition coefficient (Wildman–Crippen LogP) is 4.84. The summed E-state index contributed by atoms with van der Waals surface area (Å²) in [6, 6.07) is 7.99. The average molecular weight is 304 g/mol. The molecule has 1 aromatic carbocycles. The van der Waals surface area contributed by atoms with Crippen LogP contribution < -0.4 is 4.74 Å². The molecule has 0 amide bonds. The summed E-state index contributed by atoms with van der Waals surface area (Å²) in [5, 5.41) is 0. The third-order valence-corrected chi connectivity index (χ3v) is 4.69. The van der Waals surface area contributed by atoms with Crippen LogP contribution in [0.25, 0.3) is 0 Å². The standard InChI is InChI=1S/C19H28O3/c1-4-15(2)16-8-10-17(11-9-16)21-14-18(20)22-19(3)12-6-5-7-13-19/h8-11,15H,4-7,12-14H2,1-3H3. The number of benzene rings is 1. The Kier molecular flexibility index (Phi) is 5.87. The van der Waals surface area contributed by atoms with Gasteiger partial charge < -0.3 is 9.47 Å². The smallest absolute Gasteiger partial charge is 0.344 e. The van der Waals surface area contributed by atoms with Crippen LogP contribution in [0.15, 0.2) is 24.3 Å². The molecule has 1 unspecified atom stereocenters. The summed E-state index contributed by atoms with van der Waals surface area (Å²) >= 11 is 0. The number of esters is 1. The Morgan fingerprint density at radius 1 is 1.18 bits per heavy atom. The van der Waals surface area contributed by atoms with Gasteiger partial charge in [0, 0.05) is 0 Å². The number of rotatable bonds is 6. The topological polar surface area (TPSA) is 35.5 Å². The Morgan fingerprint density at radius 3 is 2.41 bits per heavy atom. The maximum Gasteiger partial charge on any atom is 0.344 e. The van der Waals surface area contributed by atoms with Crippen LogP contribution in [0, 0.1) is 0 Å². The zero-order valence-electron chi connectivity index (χ0n) is 14.1. The first-order valence-electron chi connectivity index (χ1n) is 8.47. The van der Waals surface area contributed by atoms with Gasteiger partial charge >= 0.3 is 5.97 Å². The predicted molar refractivity (Wildman–Crippen MR) is 88.2 cm³/mol. The molecule has 1 saturated carbocycles. The van der Waals surface area contributed by atoms with Gasteiger partial charge in [0.1, 0.15) is 11.4 Å². The SMILES string of the molecule is CCC(C)c1ccc(OCC(=O)OC2(C)CCCCC2)cc1. The van der Waals surface area contributed by atoms with E-state index in [2.05, 4.69) is 26.0 Å². The largest absolute Gasteiger partial charge is 0.482 e. The normalized spacial score (nSPS) is 18.5. The lowest BCUT2D eigenvalue weighted by molar-refractivity contribution is -0.163. The molecule has 122 valence electrons. The maximum atomic E-state index is 12.0. The van der Waals surface area contributed by atoms with E-state index in [0.717, 1.165) is 37.9 Å². The molecule has 0 radical (unpaired) electrons. The Labute approximate surface area is 134 Å². The van der Waals surface area contributed by atoms with Crippen molar-refractivity contribution >= 4 is 5.97 Å². The van der Waals surface area contributed by atoms with Crippen LogP contribution in [0.5, 0.6) is 5.75 Å². The van der Waals surface area contributed by atoms with Crippen molar-refractivity contribution in [2.45, 2.75) is 70.8 Å². The molecule has 0 aliphatic heterocycles. The fourth-order valence-corrected chi connectivity index (χ4v) is 2.98. The van der Waals surface area contributed by atoms with Gasteiger partial charge in [0.25, 0.3) is 0 Å². The summed E-state index contributed by atoms with van der Waals surface area (Å²) < 4.78 is 11.2. The highest BCUT2D eigenvalue weighted by atomic mass is 16.6. The van der Waals surface area contributed by atoms with Gasteiger partial charge in [0.05, 0.1) is 0 Å². The number of carbonyl (C=O) groups excluding carboxylic acids is 1. The lowest BCUT2D eigenvalue weighted by atomic mass is 9.86. The summed E-state index contributed by atoms with van der Waals surface area (Å²) in [7, 11) is 0. The van der Waals surface area contributed by atoms with Crippen molar-refractivity contribution in [1.29, 1.82) is 0 Å². The molecule has 1 aliphatic rings. The van der Waals surface area contributed by atoms with Gasteiger partial charge in [-0.15, -0.1) is 0 Å². The van der Waals surface area contributed by atoms with Crippen LogP contribution in [0.3, 0.4) is 0 Å². The molecule has 3 heteroatoms. The van der Waals surface area contributed by atoms with Gasteiger partial charge in [0.15, 0.2) is 6.61 Å². The van der Waals surface area contributed by atoms with Gasteiger partial charge in [-0.2, -0.15) is 0 Å². The van der Waals surface area contributed by atoms with E-state index < -0.39 is 0 Å². The fourth-order valence-electron chi connectivity index (χ4n) is 2.98. The van der Waals surface area contributed by atoms with Gasteiger partial charge in [-0.25, -0.2) is 4.79 Å². The summed E-state index contributed by atoms with van der Waals surface area (Å²) in [6.45, 7) is 6.40. The van der Waals surface area contributed by atoms with Gasteiger partial charge in [-0.1, -0.05) is 32.4 Å². The minimum absolute atomic E-state index is 0.0156. The van der Waals surface area contributed by atoms with Crippen molar-refractivity contribution in [3.8, 4) is 5.75 Å². The second-order valence-corrected chi connectivity index (χ2v) is 6.65. The van der Waals surface area contributed by atoms with E-state index in [9.17, 15) is 4.79 Å². The van der Waals surface area contributed by atoms with Gasteiger partial charge in [-0.3, -0.25) is 0 Å². The summed E-state index contributed by atoms with van der Waals surface area (Å²) in [4.78, 5) is 12.0. The van der Waals surface area contributed by atoms with Crippen LogP contribution >= 0.6 is 0 Å². The van der Waals surface area contributed by atoms with E-state index >= 15 is 0 Å². The second kappa shape index (κ2) is 7.66. The van der Waals surface area contributed by atoms with Crippen LogP contribution in [-0.4, -0.2) is 18.2 Å². The molecule has 2 rings (SSSR count). The van der Waals surface area contributed by atoms with E-state index in [4.69, 9.17) is 9.47 Å². The molecule has 1 atom stereocenters. The summed E-state index contributed by atoms with van der Waals surface area (Å²) in [6.07, 6.45) is 6.56. The van der Waals surface area contributed by atoms with Crippen LogP contribution in [0.2, 0.25) is 0 Å². The third-order valence-electron chi connectivity index (χ3n) is 4.69. The lowest BCUT2D eigenvalue weighted by Gasteiger charge is -2.33. The van der Waals surface area contributed by atoms with E-state index in [1.165, 1.54) is 12.0 Å². The van der Waals surface area contributed by atoms with Crippen molar-refractivity contribution in [3.63, 3.8) is 0 Å². The minimum atomic E-state index is -0.293. The maximum absolute atomic E-state index is 12.0. The van der Waals surface area contributed by atoms with E-state index in [0.29, 0.717) is 5.92 Å². The van der Waals surface area contributed by atoms with Crippen LogP contribution in [0.1, 0.15) is 70.8 Å². The first kappa shape index (κ1) is 16.9. The molecule has 0 spiro atoms. The molecule has 22 heavy (non-hydrogen) atoms. The van der Waals surface area contributed by atoms with Crippen LogP contribution in [-0.2, 0) is 9.53 Å². The van der Waals surface area contributed by atoms with Gasteiger partial charge in [0.2, 0.25) is 0 Å². The van der Waals surface area contributed by atoms with Crippen LogP contribution in [0.4, 0.5) is 0 Å². The Hall–Kier alpha value is -1.51. The van der Waals surface area contributed by atoms with E-state index in [-0.39, 0.29) is 18.2 Å². The van der Waals surface area contributed by atoms with Crippen molar-refractivity contribution < 1.29 is 14.3 Å². The van der Waals surface area contributed by atoms with Crippen molar-refractivity contribution in [2.75, 3.05) is 6.61 Å². The number of carbonyl (C=O) groups is 1. The average Bonchev–Trinajstić information content (AvgIpc) is 2.53. The first-order chi connectivity index (χ1) is 10.5. The van der Waals surface area contributed by atoms with Crippen molar-refractivity contribution in [1.82, 2.24) is 0 Å². The molecular formula is C19H28O3. The van der Waals surface area contributed by atoms with Crippen molar-refractivity contribution in [2.24, 2.45) is 0 Å². The highest BCUT2D eigenvalue weighted by molar-refractivity contribution is 5.71. The van der Waals surface area contributed by atoms with E-state index in [1.54, 1.807) is 0 Å². The molecule has 0 heterocycles. The zero-order chi connectivity index (χ0) is 16.0.